The van der Waals surface area contributed by atoms with Gasteiger partial charge in [0.05, 0.1) is 0 Å². The molecule has 0 N–H and O–H groups in total. The highest BCUT2D eigenvalue weighted by molar-refractivity contribution is 5.91. The molecule has 234 valence electrons. The molecule has 0 saturated carbocycles. The number of rotatable bonds is 5. The second-order valence-corrected chi connectivity index (χ2v) is 14.2. The van der Waals surface area contributed by atoms with Gasteiger partial charge >= 0.3 is 0 Å². The van der Waals surface area contributed by atoms with Gasteiger partial charge in [-0.3, -0.25) is 0 Å². The Morgan fingerprint density at radius 1 is 0.625 bits per heavy atom. The lowest BCUT2D eigenvalue weighted by Crippen LogP contribution is -2.36. The maximum atomic E-state index is 6.91. The standard InChI is InChI=1S/C46H39NO/c1-45(2)41-29-28-40-38-16-10-11-17-43(38)48-46(40,3)44(41)39-27-26-37(30-42(39)45)47(35-22-18-33(19-23-35)31-12-6-4-7-13-31)36-24-20-34(21-25-36)32-14-8-5-9-15-32/h4-9,11-15,17-30,40H,10,16H2,1-3H3. The Bertz CT molecular complexity index is 2080. The maximum absolute atomic E-state index is 6.91. The quantitative estimate of drug-likeness (QED) is 0.194. The molecule has 1 heterocycles. The van der Waals surface area contributed by atoms with Crippen LogP contribution >= 0.6 is 0 Å². The third-order valence-electron chi connectivity index (χ3n) is 11.0. The zero-order chi connectivity index (χ0) is 32.5. The van der Waals surface area contributed by atoms with Gasteiger partial charge in [-0.25, -0.2) is 0 Å². The van der Waals surface area contributed by atoms with Crippen molar-refractivity contribution in [2.24, 2.45) is 5.92 Å². The summed E-state index contributed by atoms with van der Waals surface area (Å²) in [6, 6.07) is 46.2. The molecule has 5 aromatic carbocycles. The summed E-state index contributed by atoms with van der Waals surface area (Å²) < 4.78 is 6.91. The van der Waals surface area contributed by atoms with E-state index in [4.69, 9.17) is 4.74 Å². The fourth-order valence-electron chi connectivity index (χ4n) is 8.54. The zero-order valence-electron chi connectivity index (χ0n) is 27.8. The van der Waals surface area contributed by atoms with Crippen LogP contribution in [-0.4, -0.2) is 5.60 Å². The molecule has 2 atom stereocenters. The average molecular weight is 622 g/mol. The molecule has 4 aliphatic rings. The van der Waals surface area contributed by atoms with Crippen molar-refractivity contribution in [3.63, 3.8) is 0 Å². The fourth-order valence-corrected chi connectivity index (χ4v) is 8.54. The van der Waals surface area contributed by atoms with E-state index in [1.165, 1.54) is 50.1 Å². The van der Waals surface area contributed by atoms with Crippen LogP contribution in [0.4, 0.5) is 17.1 Å². The van der Waals surface area contributed by atoms with E-state index in [1.54, 1.807) is 0 Å². The molecule has 0 bridgehead atoms. The lowest BCUT2D eigenvalue weighted by Gasteiger charge is -2.37. The number of nitrogens with zero attached hydrogens (tertiary/aromatic N) is 1. The largest absolute Gasteiger partial charge is 0.482 e. The van der Waals surface area contributed by atoms with Crippen LogP contribution in [0.1, 0.15) is 44.7 Å². The molecule has 0 spiro atoms. The van der Waals surface area contributed by atoms with E-state index in [9.17, 15) is 0 Å². The second-order valence-electron chi connectivity index (χ2n) is 14.2. The number of benzene rings is 5. The Kier molecular flexibility index (Phi) is 6.52. The van der Waals surface area contributed by atoms with Crippen molar-refractivity contribution < 1.29 is 4.74 Å². The summed E-state index contributed by atoms with van der Waals surface area (Å²) in [6.07, 6.45) is 11.4. The summed E-state index contributed by atoms with van der Waals surface area (Å²) in [5.41, 5.74) is 14.6. The summed E-state index contributed by atoms with van der Waals surface area (Å²) >= 11 is 0. The highest BCUT2D eigenvalue weighted by atomic mass is 16.5. The highest BCUT2D eigenvalue weighted by Gasteiger charge is 2.54. The van der Waals surface area contributed by atoms with E-state index in [2.05, 4.69) is 177 Å². The Hall–Kier alpha value is -5.34. The third kappa shape index (κ3) is 4.39. The molecule has 0 aromatic heterocycles. The number of hydrogen-bond acceptors (Lipinski definition) is 2. The van der Waals surface area contributed by atoms with Crippen molar-refractivity contribution in [2.45, 2.75) is 44.6 Å². The second kappa shape index (κ2) is 10.9. The molecule has 9 rings (SSSR count). The van der Waals surface area contributed by atoms with Crippen molar-refractivity contribution in [3.8, 4) is 22.3 Å². The molecule has 0 radical (unpaired) electrons. The molecule has 2 heteroatoms. The molecular weight excluding hydrogens is 583 g/mol. The molecule has 5 aromatic rings. The predicted octanol–water partition coefficient (Wildman–Crippen LogP) is 12.1. The molecule has 0 amide bonds. The first-order valence-corrected chi connectivity index (χ1v) is 17.2. The van der Waals surface area contributed by atoms with Gasteiger partial charge in [0.2, 0.25) is 0 Å². The van der Waals surface area contributed by atoms with Crippen LogP contribution in [0.3, 0.4) is 0 Å². The van der Waals surface area contributed by atoms with Crippen molar-refractivity contribution in [1.29, 1.82) is 0 Å². The zero-order valence-corrected chi connectivity index (χ0v) is 27.8. The Labute approximate surface area is 284 Å². The van der Waals surface area contributed by atoms with Crippen molar-refractivity contribution in [3.05, 3.63) is 180 Å². The number of ether oxygens (including phenoxy) is 1. The van der Waals surface area contributed by atoms with Gasteiger partial charge in [0.15, 0.2) is 0 Å². The van der Waals surface area contributed by atoms with Crippen LogP contribution in [0.25, 0.3) is 27.8 Å². The number of allylic oxidation sites excluding steroid dienone is 4. The van der Waals surface area contributed by atoms with Crippen LogP contribution in [0.15, 0.2) is 169 Å². The van der Waals surface area contributed by atoms with Gasteiger partial charge < -0.3 is 9.64 Å². The average Bonchev–Trinajstić information content (AvgIpc) is 3.57. The molecular formula is C46H39NO. The summed E-state index contributed by atoms with van der Waals surface area (Å²) in [4.78, 5) is 2.40. The lowest BCUT2D eigenvalue weighted by atomic mass is 9.70. The minimum absolute atomic E-state index is 0.159. The molecule has 1 aliphatic heterocycles. The van der Waals surface area contributed by atoms with Gasteiger partial charge in [0, 0.05) is 34.0 Å². The Morgan fingerprint density at radius 3 is 1.79 bits per heavy atom. The Morgan fingerprint density at radius 2 is 1.19 bits per heavy atom. The highest BCUT2D eigenvalue weighted by Crippen LogP contribution is 2.61. The fraction of sp³-hybridized carbons (Fsp3) is 0.174. The van der Waals surface area contributed by atoms with Gasteiger partial charge in [-0.1, -0.05) is 123 Å². The molecule has 2 unspecified atom stereocenters. The first kappa shape index (κ1) is 28.8. The minimum atomic E-state index is -0.395. The SMILES string of the molecule is CC1(C)C2=C(c3ccc(N(c4ccc(-c5ccccc5)cc4)c4ccc(-c5ccccc5)cc4)cc31)C1(C)OC3=C(CCC=C3)C1C=C2. The molecule has 0 fully saturated rings. The van der Waals surface area contributed by atoms with Gasteiger partial charge in [-0.15, -0.1) is 0 Å². The van der Waals surface area contributed by atoms with Crippen molar-refractivity contribution >= 4 is 22.6 Å². The first-order chi connectivity index (χ1) is 23.4. The normalized spacial score (nSPS) is 21.4. The molecule has 3 aliphatic carbocycles. The van der Waals surface area contributed by atoms with Crippen molar-refractivity contribution in [2.75, 3.05) is 4.90 Å². The third-order valence-corrected chi connectivity index (χ3v) is 11.0. The van der Waals surface area contributed by atoms with Gasteiger partial charge in [0.25, 0.3) is 0 Å². The van der Waals surface area contributed by atoms with Crippen LogP contribution in [0.2, 0.25) is 0 Å². The molecule has 2 nitrogen and oxygen atoms in total. The lowest BCUT2D eigenvalue weighted by molar-refractivity contribution is 0.0826. The van der Waals surface area contributed by atoms with E-state index < -0.39 is 5.60 Å². The summed E-state index contributed by atoms with van der Waals surface area (Å²) in [6.45, 7) is 7.07. The first-order valence-electron chi connectivity index (χ1n) is 17.2. The topological polar surface area (TPSA) is 12.5 Å². The monoisotopic (exact) mass is 621 g/mol. The maximum Gasteiger partial charge on any atom is 0.142 e. The van der Waals surface area contributed by atoms with Crippen LogP contribution in [0.5, 0.6) is 0 Å². The van der Waals surface area contributed by atoms with E-state index in [0.29, 0.717) is 0 Å². The predicted molar refractivity (Wildman–Crippen MR) is 199 cm³/mol. The smallest absolute Gasteiger partial charge is 0.142 e. The van der Waals surface area contributed by atoms with E-state index >= 15 is 0 Å². The van der Waals surface area contributed by atoms with Crippen LogP contribution in [-0.2, 0) is 10.2 Å². The van der Waals surface area contributed by atoms with E-state index in [0.717, 1.165) is 35.7 Å². The minimum Gasteiger partial charge on any atom is -0.482 e. The van der Waals surface area contributed by atoms with E-state index in [-0.39, 0.29) is 11.3 Å². The number of anilines is 3. The number of fused-ring (bicyclic) bond motifs is 5. The van der Waals surface area contributed by atoms with Gasteiger partial charge in [0.1, 0.15) is 11.4 Å². The summed E-state index contributed by atoms with van der Waals surface area (Å²) in [5.74, 6) is 1.36. The van der Waals surface area contributed by atoms with Crippen LogP contribution in [0, 0.1) is 5.92 Å². The van der Waals surface area contributed by atoms with E-state index in [1.807, 2.05) is 0 Å². The summed E-state index contributed by atoms with van der Waals surface area (Å²) in [7, 11) is 0. The van der Waals surface area contributed by atoms with Gasteiger partial charge in [-0.05, 0) is 107 Å². The summed E-state index contributed by atoms with van der Waals surface area (Å²) in [5, 5.41) is 0. The number of hydrogen-bond donors (Lipinski definition) is 0. The van der Waals surface area contributed by atoms with Gasteiger partial charge in [-0.2, -0.15) is 0 Å². The molecule has 48 heavy (non-hydrogen) atoms. The Balaban J connectivity index is 1.14. The van der Waals surface area contributed by atoms with Crippen LogP contribution < -0.4 is 4.90 Å². The molecule has 0 saturated heterocycles. The van der Waals surface area contributed by atoms with Crippen molar-refractivity contribution in [1.82, 2.24) is 0 Å².